The number of carbonyl (C=O) groups excluding carboxylic acids is 1. The first-order valence-electron chi connectivity index (χ1n) is 9.87. The maximum absolute atomic E-state index is 12.9. The lowest BCUT2D eigenvalue weighted by molar-refractivity contribution is -0.137. The summed E-state index contributed by atoms with van der Waals surface area (Å²) in [6.07, 6.45) is -0.238. The molecule has 0 fully saturated rings. The van der Waals surface area contributed by atoms with E-state index in [2.05, 4.69) is 15.0 Å². The zero-order valence-corrected chi connectivity index (χ0v) is 18.3. The molecule has 0 aromatic heterocycles. The number of anilines is 1. The van der Waals surface area contributed by atoms with E-state index in [-0.39, 0.29) is 12.4 Å². The minimum absolute atomic E-state index is 0.119. The van der Waals surface area contributed by atoms with Crippen molar-refractivity contribution in [1.29, 1.82) is 0 Å². The number of hydrogen-bond donors (Lipinski definition) is 5. The van der Waals surface area contributed by atoms with Crippen LogP contribution in [0.25, 0.3) is 0 Å². The van der Waals surface area contributed by atoms with Crippen LogP contribution in [0.5, 0.6) is 0 Å². The van der Waals surface area contributed by atoms with Gasteiger partial charge in [-0.05, 0) is 42.0 Å². The number of nitrogens with one attached hydrogen (secondary N) is 2. The van der Waals surface area contributed by atoms with Crippen LogP contribution in [0.15, 0.2) is 88.8 Å². The quantitative estimate of drug-likeness (QED) is 0.241. The Morgan fingerprint density at radius 1 is 0.970 bits per heavy atom. The highest BCUT2D eigenvalue weighted by atomic mass is 32.2. The lowest BCUT2D eigenvalue weighted by Gasteiger charge is -2.17. The van der Waals surface area contributed by atoms with Gasteiger partial charge in [-0.2, -0.15) is 0 Å². The highest BCUT2D eigenvalue weighted by Gasteiger charge is 2.19. The third-order valence-corrected chi connectivity index (χ3v) is 5.68. The van der Waals surface area contributed by atoms with Crippen LogP contribution < -0.4 is 21.5 Å². The van der Waals surface area contributed by atoms with Gasteiger partial charge in [-0.3, -0.25) is 9.59 Å². The minimum atomic E-state index is -1.72. The summed E-state index contributed by atoms with van der Waals surface area (Å²) in [7, 11) is -1.72. The van der Waals surface area contributed by atoms with Gasteiger partial charge in [0, 0.05) is 11.3 Å². The minimum Gasteiger partial charge on any atom is -0.481 e. The first-order chi connectivity index (χ1) is 15.8. The van der Waals surface area contributed by atoms with Crippen molar-refractivity contribution < 1.29 is 18.9 Å². The van der Waals surface area contributed by atoms with Crippen LogP contribution in [-0.2, 0) is 15.8 Å². The number of carbonyl (C=O) groups is 2. The number of carboxylic acids is 1. The van der Waals surface area contributed by atoms with Gasteiger partial charge in [-0.1, -0.05) is 42.5 Å². The third kappa shape index (κ3) is 6.99. The fourth-order valence-electron chi connectivity index (χ4n) is 3.04. The molecule has 170 valence electrons. The molecular weight excluding hydrogens is 442 g/mol. The van der Waals surface area contributed by atoms with Crippen molar-refractivity contribution in [3.63, 3.8) is 0 Å². The zero-order valence-electron chi connectivity index (χ0n) is 17.5. The molecule has 9 nitrogen and oxygen atoms in total. The van der Waals surface area contributed by atoms with E-state index >= 15 is 0 Å². The lowest BCUT2D eigenvalue weighted by atomic mass is 10.1. The number of amides is 1. The maximum Gasteiger partial charge on any atom is 0.305 e. The summed E-state index contributed by atoms with van der Waals surface area (Å²) in [5, 5.41) is 12.0. The van der Waals surface area contributed by atoms with Crippen LogP contribution in [0.3, 0.4) is 0 Å². The predicted molar refractivity (Wildman–Crippen MR) is 127 cm³/mol. The van der Waals surface area contributed by atoms with Gasteiger partial charge < -0.3 is 21.9 Å². The van der Waals surface area contributed by atoms with Crippen molar-refractivity contribution in [2.24, 2.45) is 16.5 Å². The van der Waals surface area contributed by atoms with Gasteiger partial charge in [0.15, 0.2) is 5.96 Å². The first kappa shape index (κ1) is 23.6. The molecule has 33 heavy (non-hydrogen) atoms. The molecule has 0 aliphatic carbocycles. The van der Waals surface area contributed by atoms with Gasteiger partial charge in [0.2, 0.25) is 0 Å². The summed E-state index contributed by atoms with van der Waals surface area (Å²) in [6.45, 7) is 0. The van der Waals surface area contributed by atoms with Crippen LogP contribution >= 0.6 is 0 Å². The fraction of sp³-hybridized carbons (Fsp3) is 0.0870. The number of nitrogens with two attached hydrogens (primary N) is 2. The first-order valence-corrected chi connectivity index (χ1v) is 11.0. The molecule has 0 saturated heterocycles. The van der Waals surface area contributed by atoms with Gasteiger partial charge >= 0.3 is 5.97 Å². The molecule has 0 spiro atoms. The summed E-state index contributed by atoms with van der Waals surface area (Å²) < 4.78 is 15.8. The number of rotatable bonds is 9. The van der Waals surface area contributed by atoms with E-state index in [1.807, 2.05) is 6.07 Å². The number of nitrogens with zero attached hydrogens (tertiary/aromatic N) is 1. The predicted octanol–water partition coefficient (Wildman–Crippen LogP) is 2.67. The highest BCUT2D eigenvalue weighted by Crippen LogP contribution is 2.21. The average Bonchev–Trinajstić information content (AvgIpc) is 2.79. The standard InChI is InChI=1S/C23H23N5O4S/c24-23(25)27-17-9-4-8-16(12-17)22(31)26-18-10-5-11-19(13-18)33(32)28-20(14-21(29)30)15-6-2-1-3-7-15/h1-13,20,28H,14H2,(H,26,31)(H,29,30)(H4,24,25,27). The van der Waals surface area contributed by atoms with E-state index in [1.54, 1.807) is 66.7 Å². The SMILES string of the molecule is NC(N)=Nc1cccc(C(=O)Nc2cccc(S(=O)NC(CC(=O)O)c3ccccc3)c2)c1. The molecule has 3 aromatic rings. The number of aliphatic imine (C=N–C) groups is 1. The Hall–Kier alpha value is -4.02. The Kier molecular flexibility index (Phi) is 7.90. The van der Waals surface area contributed by atoms with Gasteiger partial charge in [0.05, 0.1) is 23.0 Å². The van der Waals surface area contributed by atoms with E-state index in [9.17, 15) is 18.9 Å². The van der Waals surface area contributed by atoms with Crippen molar-refractivity contribution in [2.75, 3.05) is 5.32 Å². The molecule has 3 aromatic carbocycles. The summed E-state index contributed by atoms with van der Waals surface area (Å²) in [5.41, 5.74) is 12.7. The number of aliphatic carboxylic acids is 1. The molecule has 0 aliphatic rings. The summed E-state index contributed by atoms with van der Waals surface area (Å²) >= 11 is 0. The van der Waals surface area contributed by atoms with Gasteiger partial charge in [0.1, 0.15) is 11.0 Å². The smallest absolute Gasteiger partial charge is 0.305 e. The van der Waals surface area contributed by atoms with Crippen LogP contribution in [0.2, 0.25) is 0 Å². The molecule has 0 bridgehead atoms. The van der Waals surface area contributed by atoms with E-state index in [1.165, 1.54) is 6.07 Å². The highest BCUT2D eigenvalue weighted by molar-refractivity contribution is 7.83. The molecule has 2 atom stereocenters. The van der Waals surface area contributed by atoms with Crippen molar-refractivity contribution in [1.82, 2.24) is 4.72 Å². The van der Waals surface area contributed by atoms with Gasteiger partial charge in [0.25, 0.3) is 5.91 Å². The summed E-state index contributed by atoms with van der Waals surface area (Å²) in [6, 6.07) is 21.2. The second-order valence-electron chi connectivity index (χ2n) is 7.02. The zero-order chi connectivity index (χ0) is 23.8. The van der Waals surface area contributed by atoms with Crippen molar-refractivity contribution in [2.45, 2.75) is 17.4 Å². The van der Waals surface area contributed by atoms with Gasteiger partial charge in [-0.15, -0.1) is 0 Å². The van der Waals surface area contributed by atoms with E-state index in [0.717, 1.165) is 0 Å². The lowest BCUT2D eigenvalue weighted by Crippen LogP contribution is -2.26. The second-order valence-corrected chi connectivity index (χ2v) is 8.26. The Morgan fingerprint density at radius 2 is 1.70 bits per heavy atom. The fourth-order valence-corrected chi connectivity index (χ4v) is 4.09. The molecule has 3 rings (SSSR count). The molecule has 2 unspecified atom stereocenters. The number of hydrogen-bond acceptors (Lipinski definition) is 4. The number of guanidine groups is 1. The maximum atomic E-state index is 12.9. The molecule has 1 amide bonds. The molecule has 10 heteroatoms. The monoisotopic (exact) mass is 465 g/mol. The largest absolute Gasteiger partial charge is 0.481 e. The molecule has 0 radical (unpaired) electrons. The summed E-state index contributed by atoms with van der Waals surface area (Å²) in [4.78, 5) is 28.2. The average molecular weight is 466 g/mol. The number of carboxylic acid groups (broad SMARTS) is 1. The van der Waals surface area contributed by atoms with Crippen molar-refractivity contribution >= 4 is 40.2 Å². The van der Waals surface area contributed by atoms with Crippen LogP contribution in [0.1, 0.15) is 28.4 Å². The molecule has 0 aliphatic heterocycles. The molecule has 0 heterocycles. The normalized spacial score (nSPS) is 12.4. The summed E-state index contributed by atoms with van der Waals surface area (Å²) in [5.74, 6) is -1.53. The molecule has 7 N–H and O–H groups in total. The van der Waals surface area contributed by atoms with Crippen molar-refractivity contribution in [3.05, 3.63) is 90.0 Å². The topological polar surface area (TPSA) is 160 Å². The Balaban J connectivity index is 1.74. The number of benzene rings is 3. The van der Waals surface area contributed by atoms with Gasteiger partial charge in [-0.25, -0.2) is 13.9 Å². The Bertz CT molecular complexity index is 1200. The second kappa shape index (κ2) is 11.0. The Labute approximate surface area is 193 Å². The van der Waals surface area contributed by atoms with Crippen LogP contribution in [0.4, 0.5) is 11.4 Å². The van der Waals surface area contributed by atoms with Crippen molar-refractivity contribution in [3.8, 4) is 0 Å². The van der Waals surface area contributed by atoms with Crippen LogP contribution in [0, 0.1) is 0 Å². The third-order valence-electron chi connectivity index (χ3n) is 4.50. The Morgan fingerprint density at radius 3 is 2.39 bits per heavy atom. The van der Waals surface area contributed by atoms with E-state index in [0.29, 0.717) is 27.4 Å². The molecule has 0 saturated carbocycles. The van der Waals surface area contributed by atoms with E-state index < -0.39 is 28.9 Å². The van der Waals surface area contributed by atoms with E-state index in [4.69, 9.17) is 11.5 Å². The van der Waals surface area contributed by atoms with Crippen LogP contribution in [-0.4, -0.2) is 27.2 Å². The molecular formula is C23H23N5O4S.